The van der Waals surface area contributed by atoms with Crippen LogP contribution in [0.25, 0.3) is 0 Å². The first-order valence-electron chi connectivity index (χ1n) is 8.61. The summed E-state index contributed by atoms with van der Waals surface area (Å²) < 4.78 is 0. The molecule has 0 radical (unpaired) electrons. The van der Waals surface area contributed by atoms with Crippen molar-refractivity contribution in [2.75, 3.05) is 11.4 Å². The number of benzene rings is 2. The molecule has 5 heteroatoms. The van der Waals surface area contributed by atoms with Gasteiger partial charge < -0.3 is 10.2 Å². The van der Waals surface area contributed by atoms with E-state index in [2.05, 4.69) is 51.6 Å². The van der Waals surface area contributed by atoms with Crippen molar-refractivity contribution in [2.45, 2.75) is 22.8 Å². The molecule has 0 fully saturated rings. The van der Waals surface area contributed by atoms with Crippen LogP contribution in [0.4, 0.5) is 11.4 Å². The van der Waals surface area contributed by atoms with E-state index >= 15 is 0 Å². The Labute approximate surface area is 157 Å². The first-order valence-corrected chi connectivity index (χ1v) is 9.43. The Morgan fingerprint density at radius 2 is 1.58 bits per heavy atom. The van der Waals surface area contributed by atoms with E-state index in [4.69, 9.17) is 0 Å². The zero-order valence-corrected chi connectivity index (χ0v) is 15.1. The van der Waals surface area contributed by atoms with Crippen LogP contribution in [0.2, 0.25) is 0 Å². The summed E-state index contributed by atoms with van der Waals surface area (Å²) in [5, 5.41) is 2.95. The van der Waals surface area contributed by atoms with Crippen molar-refractivity contribution in [3.8, 4) is 0 Å². The van der Waals surface area contributed by atoms with Gasteiger partial charge in [0.25, 0.3) is 0 Å². The highest BCUT2D eigenvalue weighted by molar-refractivity contribution is 7.99. The fraction of sp³-hybridized carbons (Fsp3) is 0.143. The summed E-state index contributed by atoms with van der Waals surface area (Å²) in [5.74, 6) is 0.0313. The monoisotopic (exact) mass is 361 g/mol. The molecular formula is C21H19N3OS. The summed E-state index contributed by atoms with van der Waals surface area (Å²) in [5.41, 5.74) is 3.19. The van der Waals surface area contributed by atoms with Crippen molar-refractivity contribution in [1.29, 1.82) is 0 Å². The summed E-state index contributed by atoms with van der Waals surface area (Å²) in [6.45, 7) is 1.10. The molecule has 2 aromatic carbocycles. The van der Waals surface area contributed by atoms with E-state index in [-0.39, 0.29) is 5.91 Å². The van der Waals surface area contributed by atoms with Crippen molar-refractivity contribution in [2.24, 2.45) is 0 Å². The third-order valence-corrected chi connectivity index (χ3v) is 5.42. The fourth-order valence-corrected chi connectivity index (χ4v) is 4.11. The number of nitrogens with zero attached hydrogens (tertiary/aromatic N) is 2. The molecule has 0 saturated carbocycles. The number of anilines is 2. The molecule has 0 unspecified atom stereocenters. The van der Waals surface area contributed by atoms with Gasteiger partial charge in [0, 0.05) is 29.0 Å². The zero-order chi connectivity index (χ0) is 17.8. The first kappa shape index (κ1) is 16.7. The minimum atomic E-state index is 0.0313. The van der Waals surface area contributed by atoms with Gasteiger partial charge >= 0.3 is 0 Å². The second-order valence-electron chi connectivity index (χ2n) is 6.04. The lowest BCUT2D eigenvalue weighted by molar-refractivity contribution is -0.121. The Morgan fingerprint density at radius 3 is 2.23 bits per heavy atom. The predicted octanol–water partition coefficient (Wildman–Crippen LogP) is 4.39. The number of pyridine rings is 1. The lowest BCUT2D eigenvalue weighted by Crippen LogP contribution is -2.29. The molecule has 1 amide bonds. The van der Waals surface area contributed by atoms with Crippen molar-refractivity contribution in [3.63, 3.8) is 0 Å². The Balaban J connectivity index is 1.45. The molecule has 1 aliphatic rings. The number of carbonyl (C=O) groups is 1. The van der Waals surface area contributed by atoms with E-state index in [9.17, 15) is 4.79 Å². The Morgan fingerprint density at radius 1 is 0.923 bits per heavy atom. The van der Waals surface area contributed by atoms with Crippen LogP contribution in [0.5, 0.6) is 0 Å². The quantitative estimate of drug-likeness (QED) is 0.732. The van der Waals surface area contributed by atoms with Gasteiger partial charge in [-0.2, -0.15) is 0 Å². The van der Waals surface area contributed by atoms with Crippen molar-refractivity contribution in [1.82, 2.24) is 10.3 Å². The maximum absolute atomic E-state index is 12.3. The molecule has 0 atom stereocenters. The van der Waals surface area contributed by atoms with E-state index < -0.39 is 0 Å². The molecule has 2 heterocycles. The van der Waals surface area contributed by atoms with E-state index in [1.807, 2.05) is 30.3 Å². The van der Waals surface area contributed by atoms with Crippen molar-refractivity contribution >= 4 is 29.0 Å². The molecular weight excluding hydrogens is 342 g/mol. The lowest BCUT2D eigenvalue weighted by atomic mass is 10.2. The van der Waals surface area contributed by atoms with Crippen molar-refractivity contribution in [3.05, 3.63) is 78.6 Å². The first-order chi connectivity index (χ1) is 12.8. The predicted molar refractivity (Wildman–Crippen MR) is 105 cm³/mol. The summed E-state index contributed by atoms with van der Waals surface area (Å²) >= 11 is 1.78. The number of para-hydroxylation sites is 2. The van der Waals surface area contributed by atoms with Crippen LogP contribution in [-0.4, -0.2) is 17.4 Å². The molecule has 4 rings (SSSR count). The molecule has 1 aromatic heterocycles. The average molecular weight is 361 g/mol. The van der Waals surface area contributed by atoms with Crippen LogP contribution < -0.4 is 10.2 Å². The third-order valence-electron chi connectivity index (χ3n) is 4.29. The van der Waals surface area contributed by atoms with Crippen LogP contribution in [-0.2, 0) is 11.3 Å². The van der Waals surface area contributed by atoms with E-state index in [1.165, 1.54) is 9.79 Å². The average Bonchev–Trinajstić information content (AvgIpc) is 2.70. The highest BCUT2D eigenvalue weighted by Crippen LogP contribution is 2.47. The largest absolute Gasteiger partial charge is 0.350 e. The van der Waals surface area contributed by atoms with Gasteiger partial charge in [-0.1, -0.05) is 42.1 Å². The van der Waals surface area contributed by atoms with E-state index in [0.29, 0.717) is 19.5 Å². The standard InChI is InChI=1S/C21H19N3OS/c25-21(23-15-16-7-5-6-13-22-16)12-14-24-17-8-1-3-10-19(17)26-20-11-4-2-9-18(20)24/h1-11,13H,12,14-15H2,(H,23,25). The minimum absolute atomic E-state index is 0.0313. The topological polar surface area (TPSA) is 45.2 Å². The second kappa shape index (κ2) is 7.62. The fourth-order valence-electron chi connectivity index (χ4n) is 3.02. The van der Waals surface area contributed by atoms with Gasteiger partial charge in [-0.15, -0.1) is 0 Å². The molecule has 1 N–H and O–H groups in total. The Kier molecular flexibility index (Phi) is 4.88. The zero-order valence-electron chi connectivity index (χ0n) is 14.3. The van der Waals surface area contributed by atoms with Crippen LogP contribution in [0.3, 0.4) is 0 Å². The molecule has 0 bridgehead atoms. The highest BCUT2D eigenvalue weighted by atomic mass is 32.2. The minimum Gasteiger partial charge on any atom is -0.350 e. The number of amides is 1. The molecule has 0 spiro atoms. The van der Waals surface area contributed by atoms with Gasteiger partial charge in [0.1, 0.15) is 0 Å². The van der Waals surface area contributed by atoms with Gasteiger partial charge in [0.05, 0.1) is 23.6 Å². The summed E-state index contributed by atoms with van der Waals surface area (Å²) in [6, 6.07) is 22.4. The number of nitrogens with one attached hydrogen (secondary N) is 1. The lowest BCUT2D eigenvalue weighted by Gasteiger charge is -2.32. The molecule has 1 aliphatic heterocycles. The summed E-state index contributed by atoms with van der Waals surface area (Å²) in [6.07, 6.45) is 2.17. The van der Waals surface area contributed by atoms with Gasteiger partial charge in [0.2, 0.25) is 5.91 Å². The van der Waals surface area contributed by atoms with Crippen LogP contribution in [0.15, 0.2) is 82.7 Å². The number of rotatable bonds is 5. The smallest absolute Gasteiger partial charge is 0.222 e. The summed E-state index contributed by atoms with van der Waals surface area (Å²) in [7, 11) is 0. The van der Waals surface area contributed by atoms with E-state index in [0.717, 1.165) is 17.1 Å². The number of hydrogen-bond acceptors (Lipinski definition) is 4. The van der Waals surface area contributed by atoms with Crippen LogP contribution in [0.1, 0.15) is 12.1 Å². The highest BCUT2D eigenvalue weighted by Gasteiger charge is 2.22. The van der Waals surface area contributed by atoms with Gasteiger partial charge in [0.15, 0.2) is 0 Å². The van der Waals surface area contributed by atoms with Crippen molar-refractivity contribution < 1.29 is 4.79 Å². The third kappa shape index (κ3) is 3.58. The van der Waals surface area contributed by atoms with Gasteiger partial charge in [-0.05, 0) is 36.4 Å². The SMILES string of the molecule is O=C(CCN1c2ccccc2Sc2ccccc21)NCc1ccccn1. The molecule has 0 aliphatic carbocycles. The van der Waals surface area contributed by atoms with Gasteiger partial charge in [-0.3, -0.25) is 9.78 Å². The van der Waals surface area contributed by atoms with Gasteiger partial charge in [-0.25, -0.2) is 0 Å². The Hall–Kier alpha value is -2.79. The molecule has 4 nitrogen and oxygen atoms in total. The number of fused-ring (bicyclic) bond motifs is 2. The van der Waals surface area contributed by atoms with Crippen LogP contribution >= 0.6 is 11.8 Å². The number of aromatic nitrogens is 1. The van der Waals surface area contributed by atoms with E-state index in [1.54, 1.807) is 18.0 Å². The molecule has 0 saturated heterocycles. The Bertz CT molecular complexity index is 868. The maximum Gasteiger partial charge on any atom is 0.222 e. The number of carbonyl (C=O) groups excluding carboxylic acids is 1. The second-order valence-corrected chi connectivity index (χ2v) is 7.12. The summed E-state index contributed by atoms with van der Waals surface area (Å²) in [4.78, 5) is 21.2. The molecule has 26 heavy (non-hydrogen) atoms. The number of hydrogen-bond donors (Lipinski definition) is 1. The molecule has 130 valence electrons. The normalized spacial score (nSPS) is 12.2. The van der Waals surface area contributed by atoms with Crippen LogP contribution in [0, 0.1) is 0 Å². The molecule has 3 aromatic rings. The maximum atomic E-state index is 12.3.